The maximum absolute atomic E-state index is 11.5. The first-order valence-corrected chi connectivity index (χ1v) is 7.55. The first-order valence-electron chi connectivity index (χ1n) is 6.74. The number of hydrogen-bond acceptors (Lipinski definition) is 6. The molecule has 0 unspecified atom stereocenters. The van der Waals surface area contributed by atoms with Crippen LogP contribution >= 0.6 is 11.3 Å². The Bertz CT molecular complexity index is 633. The van der Waals surface area contributed by atoms with E-state index in [-0.39, 0.29) is 5.97 Å². The molecular formula is C15H19N3O2S. The van der Waals surface area contributed by atoms with Crippen molar-refractivity contribution < 1.29 is 9.53 Å². The highest BCUT2D eigenvalue weighted by molar-refractivity contribution is 7.11. The first-order chi connectivity index (χ1) is 10.0. The van der Waals surface area contributed by atoms with Gasteiger partial charge in [0.2, 0.25) is 0 Å². The van der Waals surface area contributed by atoms with Crippen molar-refractivity contribution in [2.45, 2.75) is 27.2 Å². The number of esters is 1. The van der Waals surface area contributed by atoms with Crippen LogP contribution in [0.2, 0.25) is 0 Å². The standard InChI is InChI=1S/C15H19N3O2S/c1-9-11(3)21-14(18-9)7-8-16-13-6-5-12(10(2)17-13)15(19)20-4/h5-6H,7-8H2,1-4H3,(H,16,17). The second kappa shape index (κ2) is 6.67. The Hall–Kier alpha value is -1.95. The van der Waals surface area contributed by atoms with Gasteiger partial charge in [-0.3, -0.25) is 0 Å². The van der Waals surface area contributed by atoms with Crippen molar-refractivity contribution in [1.29, 1.82) is 0 Å². The van der Waals surface area contributed by atoms with E-state index in [9.17, 15) is 4.79 Å². The number of methoxy groups -OCH3 is 1. The molecule has 2 aromatic rings. The molecule has 0 fully saturated rings. The van der Waals surface area contributed by atoms with E-state index in [1.54, 1.807) is 30.4 Å². The van der Waals surface area contributed by atoms with Gasteiger partial charge in [-0.05, 0) is 32.9 Å². The van der Waals surface area contributed by atoms with E-state index in [0.717, 1.165) is 29.5 Å². The van der Waals surface area contributed by atoms with Crippen LogP contribution in [-0.2, 0) is 11.2 Å². The molecular weight excluding hydrogens is 286 g/mol. The minimum absolute atomic E-state index is 0.361. The summed E-state index contributed by atoms with van der Waals surface area (Å²) in [6.07, 6.45) is 0.860. The van der Waals surface area contributed by atoms with Crippen molar-refractivity contribution in [3.05, 3.63) is 39.0 Å². The van der Waals surface area contributed by atoms with E-state index < -0.39 is 0 Å². The van der Waals surface area contributed by atoms with Crippen molar-refractivity contribution in [2.75, 3.05) is 19.0 Å². The van der Waals surface area contributed by atoms with Crippen molar-refractivity contribution in [3.63, 3.8) is 0 Å². The lowest BCUT2D eigenvalue weighted by molar-refractivity contribution is 0.0599. The molecule has 2 heterocycles. The second-order valence-corrected chi connectivity index (χ2v) is 6.03. The topological polar surface area (TPSA) is 64.1 Å². The Balaban J connectivity index is 1.94. The molecule has 0 aliphatic carbocycles. The summed E-state index contributed by atoms with van der Waals surface area (Å²) >= 11 is 1.73. The van der Waals surface area contributed by atoms with Crippen molar-refractivity contribution >= 4 is 23.1 Å². The van der Waals surface area contributed by atoms with Gasteiger partial charge >= 0.3 is 5.97 Å². The van der Waals surface area contributed by atoms with Gasteiger partial charge in [-0.25, -0.2) is 14.8 Å². The zero-order valence-electron chi connectivity index (χ0n) is 12.7. The number of rotatable bonds is 5. The Morgan fingerprint density at radius 3 is 2.57 bits per heavy atom. The third-order valence-corrected chi connectivity index (χ3v) is 4.34. The molecule has 0 bridgehead atoms. The van der Waals surface area contributed by atoms with E-state index in [2.05, 4.69) is 22.2 Å². The third-order valence-electron chi connectivity index (χ3n) is 3.21. The zero-order chi connectivity index (χ0) is 15.4. The molecule has 0 aromatic carbocycles. The number of thiazole rings is 1. The van der Waals surface area contributed by atoms with Gasteiger partial charge in [-0.1, -0.05) is 0 Å². The molecule has 0 saturated carbocycles. The Labute approximate surface area is 128 Å². The highest BCUT2D eigenvalue weighted by atomic mass is 32.1. The number of carbonyl (C=O) groups excluding carboxylic acids is 1. The number of anilines is 1. The summed E-state index contributed by atoms with van der Waals surface area (Å²) < 4.78 is 4.70. The SMILES string of the molecule is COC(=O)c1ccc(NCCc2nc(C)c(C)s2)nc1C. The number of nitrogens with one attached hydrogen (secondary N) is 1. The highest BCUT2D eigenvalue weighted by Crippen LogP contribution is 2.17. The molecule has 5 nitrogen and oxygen atoms in total. The molecule has 1 N–H and O–H groups in total. The van der Waals surface area contributed by atoms with Crippen LogP contribution in [0.3, 0.4) is 0 Å². The summed E-state index contributed by atoms with van der Waals surface area (Å²) in [6, 6.07) is 3.52. The van der Waals surface area contributed by atoms with Crippen LogP contribution in [0, 0.1) is 20.8 Å². The number of nitrogens with zero attached hydrogens (tertiary/aromatic N) is 2. The molecule has 0 atom stereocenters. The van der Waals surface area contributed by atoms with Gasteiger partial charge in [-0.2, -0.15) is 0 Å². The number of hydrogen-bond donors (Lipinski definition) is 1. The van der Waals surface area contributed by atoms with Gasteiger partial charge in [0.15, 0.2) is 0 Å². The molecule has 2 aromatic heterocycles. The van der Waals surface area contributed by atoms with Gasteiger partial charge in [0, 0.05) is 17.8 Å². The monoisotopic (exact) mass is 305 g/mol. The number of ether oxygens (including phenoxy) is 1. The quantitative estimate of drug-likeness (QED) is 0.861. The van der Waals surface area contributed by atoms with Gasteiger partial charge in [0.1, 0.15) is 5.82 Å². The minimum Gasteiger partial charge on any atom is -0.465 e. The second-order valence-electron chi connectivity index (χ2n) is 4.75. The van der Waals surface area contributed by atoms with Crippen LogP contribution in [0.25, 0.3) is 0 Å². The number of aromatic nitrogens is 2. The largest absolute Gasteiger partial charge is 0.465 e. The summed E-state index contributed by atoms with van der Waals surface area (Å²) in [6.45, 7) is 6.67. The summed E-state index contributed by atoms with van der Waals surface area (Å²) in [4.78, 5) is 21.6. The van der Waals surface area contributed by atoms with Gasteiger partial charge in [0.05, 0.1) is 29.1 Å². The Kier molecular flexibility index (Phi) is 4.90. The molecule has 2 rings (SSSR count). The van der Waals surface area contributed by atoms with E-state index in [1.807, 2.05) is 6.92 Å². The Morgan fingerprint density at radius 2 is 2.00 bits per heavy atom. The molecule has 112 valence electrons. The van der Waals surface area contributed by atoms with Crippen molar-refractivity contribution in [1.82, 2.24) is 9.97 Å². The van der Waals surface area contributed by atoms with Crippen LogP contribution in [-0.4, -0.2) is 29.6 Å². The van der Waals surface area contributed by atoms with Crippen LogP contribution in [0.5, 0.6) is 0 Å². The molecule has 0 saturated heterocycles. The first kappa shape index (κ1) is 15.4. The molecule has 21 heavy (non-hydrogen) atoms. The normalized spacial score (nSPS) is 10.5. The van der Waals surface area contributed by atoms with Crippen molar-refractivity contribution in [2.24, 2.45) is 0 Å². The lowest BCUT2D eigenvalue weighted by Crippen LogP contribution is -2.09. The fraction of sp³-hybridized carbons (Fsp3) is 0.400. The summed E-state index contributed by atoms with van der Waals surface area (Å²) in [7, 11) is 1.37. The summed E-state index contributed by atoms with van der Waals surface area (Å²) in [5.74, 6) is 0.394. The van der Waals surface area contributed by atoms with Crippen LogP contribution in [0.4, 0.5) is 5.82 Å². The zero-order valence-corrected chi connectivity index (χ0v) is 13.5. The molecule has 0 amide bonds. The fourth-order valence-corrected chi connectivity index (χ4v) is 2.86. The number of pyridine rings is 1. The summed E-state index contributed by atoms with van der Waals surface area (Å²) in [5, 5.41) is 4.38. The van der Waals surface area contributed by atoms with Crippen LogP contribution in [0.1, 0.15) is 31.6 Å². The smallest absolute Gasteiger partial charge is 0.339 e. The highest BCUT2D eigenvalue weighted by Gasteiger charge is 2.10. The minimum atomic E-state index is -0.361. The maximum atomic E-state index is 11.5. The average molecular weight is 305 g/mol. The lowest BCUT2D eigenvalue weighted by atomic mass is 10.2. The van der Waals surface area contributed by atoms with Crippen LogP contribution in [0.15, 0.2) is 12.1 Å². The van der Waals surface area contributed by atoms with Crippen LogP contribution < -0.4 is 5.32 Å². The van der Waals surface area contributed by atoms with Gasteiger partial charge < -0.3 is 10.1 Å². The maximum Gasteiger partial charge on any atom is 0.339 e. The molecule has 0 aliphatic rings. The van der Waals surface area contributed by atoms with E-state index in [1.165, 1.54) is 12.0 Å². The third kappa shape index (κ3) is 3.78. The summed E-state index contributed by atoms with van der Waals surface area (Å²) in [5.41, 5.74) is 2.26. The lowest BCUT2D eigenvalue weighted by Gasteiger charge is -2.08. The van der Waals surface area contributed by atoms with E-state index >= 15 is 0 Å². The van der Waals surface area contributed by atoms with E-state index in [4.69, 9.17) is 4.74 Å². The number of carbonyl (C=O) groups is 1. The molecule has 0 aliphatic heterocycles. The molecule has 0 spiro atoms. The average Bonchev–Trinajstić information content (AvgIpc) is 2.77. The predicted molar refractivity (Wildman–Crippen MR) is 84.1 cm³/mol. The molecule has 0 radical (unpaired) electrons. The Morgan fingerprint density at radius 1 is 1.24 bits per heavy atom. The molecule has 6 heteroatoms. The van der Waals surface area contributed by atoms with Crippen molar-refractivity contribution in [3.8, 4) is 0 Å². The van der Waals surface area contributed by atoms with Gasteiger partial charge in [0.25, 0.3) is 0 Å². The van der Waals surface area contributed by atoms with Gasteiger partial charge in [-0.15, -0.1) is 11.3 Å². The number of aryl methyl sites for hydroxylation is 3. The predicted octanol–water partition coefficient (Wildman–Crippen LogP) is 2.90. The van der Waals surface area contributed by atoms with E-state index in [0.29, 0.717) is 11.3 Å². The fourth-order valence-electron chi connectivity index (χ4n) is 1.93.